The summed E-state index contributed by atoms with van der Waals surface area (Å²) >= 11 is 5.95. The first-order valence-corrected chi connectivity index (χ1v) is 7.25. The van der Waals surface area contributed by atoms with E-state index in [2.05, 4.69) is 5.32 Å². The van der Waals surface area contributed by atoms with Gasteiger partial charge in [-0.3, -0.25) is 4.79 Å². The van der Waals surface area contributed by atoms with Crippen molar-refractivity contribution in [3.05, 3.63) is 34.4 Å². The summed E-state index contributed by atoms with van der Waals surface area (Å²) in [4.78, 5) is 24.7. The number of benzene rings is 1. The number of fused-ring (bicyclic) bond motifs is 1. The van der Waals surface area contributed by atoms with Gasteiger partial charge < -0.3 is 15.3 Å². The molecule has 0 unspecified atom stereocenters. The lowest BCUT2D eigenvalue weighted by molar-refractivity contribution is -0.110. The Hall–Kier alpha value is -2.01. The van der Waals surface area contributed by atoms with Crippen molar-refractivity contribution in [3.8, 4) is 0 Å². The molecule has 0 aromatic heterocycles. The lowest BCUT2D eigenvalue weighted by atomic mass is 9.96. The zero-order chi connectivity index (χ0) is 15.0. The molecule has 2 heterocycles. The first kappa shape index (κ1) is 13.9. The second kappa shape index (κ2) is 5.41. The SMILES string of the molecule is O=C1Nc2cc(Cl)ccc2/C1=C1/CCCN(C(=O)O)CC1. The molecule has 0 atom stereocenters. The molecule has 0 spiro atoms. The Morgan fingerprint density at radius 1 is 1.29 bits per heavy atom. The fraction of sp³-hybridized carbons (Fsp3) is 0.333. The molecule has 1 fully saturated rings. The van der Waals surface area contributed by atoms with Gasteiger partial charge in [-0.05, 0) is 31.4 Å². The number of nitrogens with one attached hydrogen (secondary N) is 1. The van der Waals surface area contributed by atoms with Crippen LogP contribution >= 0.6 is 11.6 Å². The lowest BCUT2D eigenvalue weighted by Crippen LogP contribution is -2.30. The maximum atomic E-state index is 12.2. The van der Waals surface area contributed by atoms with Crippen molar-refractivity contribution < 1.29 is 14.7 Å². The third kappa shape index (κ3) is 2.61. The van der Waals surface area contributed by atoms with Crippen LogP contribution in [0.2, 0.25) is 5.02 Å². The van der Waals surface area contributed by atoms with Crippen LogP contribution in [0, 0.1) is 0 Å². The largest absolute Gasteiger partial charge is 0.465 e. The van der Waals surface area contributed by atoms with E-state index in [9.17, 15) is 9.59 Å². The minimum atomic E-state index is -0.899. The van der Waals surface area contributed by atoms with Crippen molar-refractivity contribution >= 4 is 34.9 Å². The predicted octanol–water partition coefficient (Wildman–Crippen LogP) is 3.21. The number of hydrogen-bond acceptors (Lipinski definition) is 2. The van der Waals surface area contributed by atoms with Crippen molar-refractivity contribution in [3.63, 3.8) is 0 Å². The van der Waals surface area contributed by atoms with Crippen molar-refractivity contribution in [2.24, 2.45) is 0 Å². The summed E-state index contributed by atoms with van der Waals surface area (Å²) in [6, 6.07) is 5.35. The fourth-order valence-electron chi connectivity index (χ4n) is 2.93. The number of nitrogens with zero attached hydrogens (tertiary/aromatic N) is 1. The number of halogens is 1. The Kier molecular flexibility index (Phi) is 3.59. The van der Waals surface area contributed by atoms with E-state index in [1.54, 1.807) is 12.1 Å². The number of likely N-dealkylation sites (tertiary alicyclic amines) is 1. The van der Waals surface area contributed by atoms with Crippen LogP contribution in [0.1, 0.15) is 24.8 Å². The molecule has 2 aliphatic heterocycles. The van der Waals surface area contributed by atoms with E-state index in [0.717, 1.165) is 29.7 Å². The number of carboxylic acid groups (broad SMARTS) is 1. The maximum Gasteiger partial charge on any atom is 0.407 e. The Morgan fingerprint density at radius 3 is 2.86 bits per heavy atom. The number of carbonyl (C=O) groups is 2. The highest BCUT2D eigenvalue weighted by Gasteiger charge is 2.28. The summed E-state index contributed by atoms with van der Waals surface area (Å²) in [5, 5.41) is 12.5. The molecule has 0 radical (unpaired) electrons. The molecule has 1 aromatic carbocycles. The van der Waals surface area contributed by atoms with E-state index in [-0.39, 0.29) is 5.91 Å². The van der Waals surface area contributed by atoms with Gasteiger partial charge in [0.2, 0.25) is 0 Å². The van der Waals surface area contributed by atoms with E-state index in [1.165, 1.54) is 4.90 Å². The minimum absolute atomic E-state index is 0.119. The van der Waals surface area contributed by atoms with E-state index in [1.807, 2.05) is 6.07 Å². The third-order valence-corrected chi connectivity index (χ3v) is 4.18. The number of carbonyl (C=O) groups excluding carboxylic acids is 1. The second-order valence-corrected chi connectivity index (χ2v) is 5.68. The van der Waals surface area contributed by atoms with Gasteiger partial charge in [0.05, 0.1) is 5.69 Å². The molecule has 21 heavy (non-hydrogen) atoms. The van der Waals surface area contributed by atoms with Gasteiger partial charge in [-0.15, -0.1) is 0 Å². The number of amides is 2. The van der Waals surface area contributed by atoms with Crippen LogP contribution in [0.3, 0.4) is 0 Å². The normalized spacial score (nSPS) is 21.8. The third-order valence-electron chi connectivity index (χ3n) is 3.94. The van der Waals surface area contributed by atoms with E-state index < -0.39 is 6.09 Å². The molecular weight excluding hydrogens is 292 g/mol. The van der Waals surface area contributed by atoms with Crippen LogP contribution in [-0.2, 0) is 4.79 Å². The van der Waals surface area contributed by atoms with E-state index in [0.29, 0.717) is 30.1 Å². The zero-order valence-corrected chi connectivity index (χ0v) is 12.1. The standard InChI is InChI=1S/C15H15ClN2O3/c16-10-3-4-11-12(8-10)17-14(19)13(11)9-2-1-6-18(7-5-9)15(20)21/h3-4,8H,1-2,5-7H2,(H,17,19)(H,20,21)/b13-9+. The fourth-order valence-corrected chi connectivity index (χ4v) is 3.10. The van der Waals surface area contributed by atoms with Gasteiger partial charge in [0.15, 0.2) is 0 Å². The summed E-state index contributed by atoms with van der Waals surface area (Å²) in [5.41, 5.74) is 3.31. The van der Waals surface area contributed by atoms with Gasteiger partial charge in [0, 0.05) is 29.2 Å². The van der Waals surface area contributed by atoms with Gasteiger partial charge in [-0.1, -0.05) is 23.2 Å². The monoisotopic (exact) mass is 306 g/mol. The van der Waals surface area contributed by atoms with Gasteiger partial charge in [-0.25, -0.2) is 4.79 Å². The zero-order valence-electron chi connectivity index (χ0n) is 11.4. The molecule has 5 nitrogen and oxygen atoms in total. The second-order valence-electron chi connectivity index (χ2n) is 5.25. The van der Waals surface area contributed by atoms with Gasteiger partial charge in [0.1, 0.15) is 0 Å². The van der Waals surface area contributed by atoms with Crippen molar-refractivity contribution in [2.75, 3.05) is 18.4 Å². The van der Waals surface area contributed by atoms with Gasteiger partial charge in [-0.2, -0.15) is 0 Å². The van der Waals surface area contributed by atoms with Crippen molar-refractivity contribution in [1.29, 1.82) is 0 Å². The Balaban J connectivity index is 1.96. The molecule has 1 aromatic rings. The number of hydrogen-bond donors (Lipinski definition) is 2. The highest BCUT2D eigenvalue weighted by molar-refractivity contribution is 6.34. The molecule has 0 bridgehead atoms. The lowest BCUT2D eigenvalue weighted by Gasteiger charge is -2.15. The average molecular weight is 307 g/mol. The quantitative estimate of drug-likeness (QED) is 0.723. The molecule has 6 heteroatoms. The molecule has 2 aliphatic rings. The van der Waals surface area contributed by atoms with E-state index >= 15 is 0 Å². The van der Waals surface area contributed by atoms with Crippen molar-refractivity contribution in [2.45, 2.75) is 19.3 Å². The summed E-state index contributed by atoms with van der Waals surface area (Å²) in [7, 11) is 0. The topological polar surface area (TPSA) is 69.6 Å². The Labute approximate surface area is 127 Å². The molecule has 110 valence electrons. The Bertz CT molecular complexity index is 654. The van der Waals surface area contributed by atoms with E-state index in [4.69, 9.17) is 16.7 Å². The molecule has 1 saturated heterocycles. The summed E-state index contributed by atoms with van der Waals surface area (Å²) < 4.78 is 0. The number of rotatable bonds is 0. The predicted molar refractivity (Wildman–Crippen MR) is 80.5 cm³/mol. The smallest absolute Gasteiger partial charge is 0.407 e. The van der Waals surface area contributed by atoms with Crippen LogP contribution in [0.25, 0.3) is 5.57 Å². The molecule has 0 aliphatic carbocycles. The van der Waals surface area contributed by atoms with Crippen LogP contribution in [0.4, 0.5) is 10.5 Å². The molecule has 2 N–H and O–H groups in total. The van der Waals surface area contributed by atoms with Crippen molar-refractivity contribution in [1.82, 2.24) is 4.90 Å². The Morgan fingerprint density at radius 2 is 2.10 bits per heavy atom. The summed E-state index contributed by atoms with van der Waals surface area (Å²) in [6.07, 6.45) is 1.18. The molecule has 2 amide bonds. The number of anilines is 1. The maximum absolute atomic E-state index is 12.2. The minimum Gasteiger partial charge on any atom is -0.465 e. The van der Waals surface area contributed by atoms with Crippen LogP contribution in [-0.4, -0.2) is 35.1 Å². The average Bonchev–Trinajstić information content (AvgIpc) is 2.62. The first-order chi connectivity index (χ1) is 10.1. The molecule has 3 rings (SSSR count). The van der Waals surface area contributed by atoms with Crippen LogP contribution in [0.5, 0.6) is 0 Å². The van der Waals surface area contributed by atoms with Crippen LogP contribution < -0.4 is 5.32 Å². The molecular formula is C15H15ClN2O3. The van der Waals surface area contributed by atoms with Gasteiger partial charge in [0.25, 0.3) is 5.91 Å². The summed E-state index contributed by atoms with van der Waals surface area (Å²) in [5.74, 6) is -0.119. The van der Waals surface area contributed by atoms with Crippen LogP contribution in [0.15, 0.2) is 23.8 Å². The highest BCUT2D eigenvalue weighted by atomic mass is 35.5. The summed E-state index contributed by atoms with van der Waals surface area (Å²) in [6.45, 7) is 0.950. The molecule has 0 saturated carbocycles. The van der Waals surface area contributed by atoms with Gasteiger partial charge >= 0.3 is 6.09 Å². The highest BCUT2D eigenvalue weighted by Crippen LogP contribution is 2.38. The first-order valence-electron chi connectivity index (χ1n) is 6.87.